The van der Waals surface area contributed by atoms with Crippen molar-refractivity contribution in [3.63, 3.8) is 0 Å². The van der Waals surface area contributed by atoms with E-state index in [1.54, 1.807) is 36.7 Å². The van der Waals surface area contributed by atoms with Crippen LogP contribution >= 0.6 is 0 Å². The van der Waals surface area contributed by atoms with Gasteiger partial charge in [0.2, 0.25) is 20.0 Å². The standard InChI is InChI=1S/C20H18N4O4S2/c21-29(25,26)19-9-5-17(6-10-19)23-13-15-1-2-16(4-3-15)14-24-18-7-11-20(12-8-18)30(22,27)28/h1-14H,(H2,21,25,26)(H2,22,27,28). The van der Waals surface area contributed by atoms with E-state index in [1.807, 2.05) is 24.3 Å². The predicted octanol–water partition coefficient (Wildman–Crippen LogP) is 2.48. The number of hydrogen-bond acceptors (Lipinski definition) is 6. The molecule has 0 saturated heterocycles. The van der Waals surface area contributed by atoms with Gasteiger partial charge < -0.3 is 0 Å². The van der Waals surface area contributed by atoms with Crippen molar-refractivity contribution in [1.29, 1.82) is 0 Å². The molecular formula is C20H18N4O4S2. The number of nitrogens with zero attached hydrogens (tertiary/aromatic N) is 2. The molecule has 0 bridgehead atoms. The van der Waals surface area contributed by atoms with Crippen molar-refractivity contribution in [2.75, 3.05) is 0 Å². The zero-order valence-corrected chi connectivity index (χ0v) is 17.2. The molecule has 10 heteroatoms. The van der Waals surface area contributed by atoms with Crippen LogP contribution in [0.1, 0.15) is 11.1 Å². The summed E-state index contributed by atoms with van der Waals surface area (Å²) in [6.07, 6.45) is 3.30. The van der Waals surface area contributed by atoms with Gasteiger partial charge in [-0.2, -0.15) is 0 Å². The van der Waals surface area contributed by atoms with Gasteiger partial charge in [0, 0.05) is 12.4 Å². The number of sulfonamides is 2. The molecule has 0 aromatic heterocycles. The average molecular weight is 443 g/mol. The summed E-state index contributed by atoms with van der Waals surface area (Å²) in [6, 6.07) is 19.3. The third-order valence-corrected chi connectivity index (χ3v) is 5.85. The van der Waals surface area contributed by atoms with Gasteiger partial charge in [0.05, 0.1) is 21.2 Å². The molecule has 3 rings (SSSR count). The molecule has 0 aliphatic heterocycles. The fraction of sp³-hybridized carbons (Fsp3) is 0. The van der Waals surface area contributed by atoms with Gasteiger partial charge in [0.25, 0.3) is 0 Å². The Hall–Kier alpha value is -3.18. The Labute approximate surface area is 174 Å². The Morgan fingerprint density at radius 1 is 0.533 bits per heavy atom. The summed E-state index contributed by atoms with van der Waals surface area (Å²) in [6.45, 7) is 0. The van der Waals surface area contributed by atoms with Crippen LogP contribution in [0.15, 0.2) is 92.6 Å². The molecule has 0 unspecified atom stereocenters. The number of hydrogen-bond donors (Lipinski definition) is 2. The van der Waals surface area contributed by atoms with Gasteiger partial charge >= 0.3 is 0 Å². The fourth-order valence-electron chi connectivity index (χ4n) is 2.41. The third-order valence-electron chi connectivity index (χ3n) is 3.99. The van der Waals surface area contributed by atoms with E-state index >= 15 is 0 Å². The van der Waals surface area contributed by atoms with Crippen molar-refractivity contribution in [2.24, 2.45) is 20.3 Å². The lowest BCUT2D eigenvalue weighted by Crippen LogP contribution is -2.11. The van der Waals surface area contributed by atoms with Crippen LogP contribution in [0.3, 0.4) is 0 Å². The minimum atomic E-state index is -3.72. The van der Waals surface area contributed by atoms with Gasteiger partial charge in [-0.05, 0) is 59.7 Å². The van der Waals surface area contributed by atoms with Crippen LogP contribution in [0.4, 0.5) is 11.4 Å². The largest absolute Gasteiger partial charge is 0.256 e. The molecule has 4 N–H and O–H groups in total. The molecule has 0 atom stereocenters. The molecule has 0 radical (unpaired) electrons. The summed E-state index contributed by atoms with van der Waals surface area (Å²) < 4.78 is 45.0. The highest BCUT2D eigenvalue weighted by Gasteiger charge is 2.06. The first-order valence-corrected chi connectivity index (χ1v) is 11.6. The monoisotopic (exact) mass is 442 g/mol. The molecule has 8 nitrogen and oxygen atoms in total. The van der Waals surface area contributed by atoms with Crippen LogP contribution in [0.25, 0.3) is 0 Å². The molecule has 0 spiro atoms. The first kappa shape index (κ1) is 21.5. The molecule has 3 aromatic rings. The zero-order chi connectivity index (χ0) is 21.8. The summed E-state index contributed by atoms with van der Waals surface area (Å²) >= 11 is 0. The Bertz CT molecular complexity index is 1190. The lowest BCUT2D eigenvalue weighted by Gasteiger charge is -2.00. The maximum absolute atomic E-state index is 11.3. The van der Waals surface area contributed by atoms with E-state index in [0.29, 0.717) is 11.4 Å². The summed E-state index contributed by atoms with van der Waals surface area (Å²) in [5, 5.41) is 10.1. The van der Waals surface area contributed by atoms with Crippen molar-refractivity contribution >= 4 is 43.9 Å². The Morgan fingerprint density at radius 2 is 0.833 bits per heavy atom. The zero-order valence-electron chi connectivity index (χ0n) is 15.6. The first-order chi connectivity index (χ1) is 14.1. The summed E-state index contributed by atoms with van der Waals surface area (Å²) in [5.41, 5.74) is 2.88. The van der Waals surface area contributed by atoms with Gasteiger partial charge in [0.1, 0.15) is 0 Å². The number of primary sulfonamides is 2. The normalized spacial score (nSPS) is 12.6. The highest BCUT2D eigenvalue weighted by molar-refractivity contribution is 7.89. The average Bonchev–Trinajstić information content (AvgIpc) is 2.71. The predicted molar refractivity (Wildman–Crippen MR) is 117 cm³/mol. The van der Waals surface area contributed by atoms with Crippen molar-refractivity contribution < 1.29 is 16.8 Å². The topological polar surface area (TPSA) is 145 Å². The fourth-order valence-corrected chi connectivity index (χ4v) is 3.44. The second-order valence-electron chi connectivity index (χ2n) is 6.26. The quantitative estimate of drug-likeness (QED) is 0.565. The van der Waals surface area contributed by atoms with Gasteiger partial charge in [-0.1, -0.05) is 24.3 Å². The van der Waals surface area contributed by atoms with Crippen LogP contribution in [-0.2, 0) is 20.0 Å². The summed E-state index contributed by atoms with van der Waals surface area (Å²) in [5.74, 6) is 0. The second-order valence-corrected chi connectivity index (χ2v) is 9.38. The van der Waals surface area contributed by atoms with E-state index in [1.165, 1.54) is 24.3 Å². The molecule has 0 amide bonds. The first-order valence-electron chi connectivity index (χ1n) is 8.55. The van der Waals surface area contributed by atoms with E-state index in [4.69, 9.17) is 10.3 Å². The van der Waals surface area contributed by atoms with Crippen LogP contribution in [0, 0.1) is 0 Å². The maximum Gasteiger partial charge on any atom is 0.238 e. The van der Waals surface area contributed by atoms with Gasteiger partial charge in [0.15, 0.2) is 0 Å². The summed E-state index contributed by atoms with van der Waals surface area (Å²) in [7, 11) is -7.44. The number of rotatable bonds is 6. The van der Waals surface area contributed by atoms with Crippen molar-refractivity contribution in [3.8, 4) is 0 Å². The van der Waals surface area contributed by atoms with Gasteiger partial charge in [-0.25, -0.2) is 27.1 Å². The van der Waals surface area contributed by atoms with Crippen molar-refractivity contribution in [2.45, 2.75) is 9.79 Å². The Kier molecular flexibility index (Phi) is 6.22. The second kappa shape index (κ2) is 8.67. The molecule has 0 heterocycles. The third kappa shape index (κ3) is 5.91. The Balaban J connectivity index is 1.66. The minimum Gasteiger partial charge on any atom is -0.256 e. The van der Waals surface area contributed by atoms with E-state index in [0.717, 1.165) is 11.1 Å². The lowest BCUT2D eigenvalue weighted by molar-refractivity contribution is 0.596. The molecule has 0 aliphatic carbocycles. The van der Waals surface area contributed by atoms with E-state index < -0.39 is 20.0 Å². The number of benzene rings is 3. The highest BCUT2D eigenvalue weighted by atomic mass is 32.2. The van der Waals surface area contributed by atoms with E-state index in [2.05, 4.69) is 9.98 Å². The number of aliphatic imine (C=N–C) groups is 2. The molecule has 154 valence electrons. The number of nitrogens with two attached hydrogens (primary N) is 2. The van der Waals surface area contributed by atoms with Crippen LogP contribution in [-0.4, -0.2) is 29.3 Å². The van der Waals surface area contributed by atoms with Gasteiger partial charge in [-0.3, -0.25) is 9.98 Å². The smallest absolute Gasteiger partial charge is 0.238 e. The molecule has 0 aliphatic rings. The molecule has 30 heavy (non-hydrogen) atoms. The SMILES string of the molecule is NS(=O)(=O)c1ccc(N=Cc2ccc(C=Nc3ccc(S(N)(=O)=O)cc3)cc2)cc1. The van der Waals surface area contributed by atoms with Crippen LogP contribution < -0.4 is 10.3 Å². The minimum absolute atomic E-state index is 0.0318. The highest BCUT2D eigenvalue weighted by Crippen LogP contribution is 2.17. The summed E-state index contributed by atoms with van der Waals surface area (Å²) in [4.78, 5) is 8.66. The molecule has 3 aromatic carbocycles. The Morgan fingerprint density at radius 3 is 1.10 bits per heavy atom. The molecule has 0 fully saturated rings. The maximum atomic E-state index is 11.3. The molecular weight excluding hydrogens is 424 g/mol. The van der Waals surface area contributed by atoms with Crippen molar-refractivity contribution in [1.82, 2.24) is 0 Å². The van der Waals surface area contributed by atoms with Crippen LogP contribution in [0.2, 0.25) is 0 Å². The van der Waals surface area contributed by atoms with E-state index in [-0.39, 0.29) is 9.79 Å². The van der Waals surface area contributed by atoms with Crippen LogP contribution in [0.5, 0.6) is 0 Å². The van der Waals surface area contributed by atoms with Gasteiger partial charge in [-0.15, -0.1) is 0 Å². The lowest BCUT2D eigenvalue weighted by atomic mass is 10.1. The van der Waals surface area contributed by atoms with Crippen molar-refractivity contribution in [3.05, 3.63) is 83.9 Å². The van der Waals surface area contributed by atoms with E-state index in [9.17, 15) is 16.8 Å². The molecule has 0 saturated carbocycles.